The van der Waals surface area contributed by atoms with E-state index in [4.69, 9.17) is 0 Å². The van der Waals surface area contributed by atoms with E-state index in [-0.39, 0.29) is 23.7 Å². The van der Waals surface area contributed by atoms with E-state index in [1.54, 1.807) is 0 Å². The van der Waals surface area contributed by atoms with Crippen LogP contribution in [0.2, 0.25) is 0 Å². The van der Waals surface area contributed by atoms with E-state index in [1.165, 1.54) is 0 Å². The molecule has 2 fully saturated rings. The number of fused-ring (bicyclic) bond motifs is 2. The van der Waals surface area contributed by atoms with Crippen molar-refractivity contribution < 1.29 is 14.7 Å². The number of amides is 1. The van der Waals surface area contributed by atoms with Gasteiger partial charge < -0.3 is 14.8 Å². The lowest BCUT2D eigenvalue weighted by Gasteiger charge is -2.36. The first-order chi connectivity index (χ1) is 9.08. The molecular weight excluding hydrogens is 242 g/mol. The van der Waals surface area contributed by atoms with Gasteiger partial charge in [-0.1, -0.05) is 19.1 Å². The van der Waals surface area contributed by atoms with Gasteiger partial charge >= 0.3 is 0 Å². The Balaban J connectivity index is 1.75. The minimum Gasteiger partial charge on any atom is -0.550 e. The Labute approximate surface area is 113 Å². The fourth-order valence-electron chi connectivity index (χ4n) is 3.92. The summed E-state index contributed by atoms with van der Waals surface area (Å²) in [6.45, 7) is 3.75. The third-order valence-electron chi connectivity index (χ3n) is 5.11. The van der Waals surface area contributed by atoms with Gasteiger partial charge in [0.1, 0.15) is 0 Å². The summed E-state index contributed by atoms with van der Waals surface area (Å²) in [5, 5.41) is 11.3. The number of likely N-dealkylation sites (tertiary alicyclic amines) is 1. The minimum atomic E-state index is -1.06. The van der Waals surface area contributed by atoms with Crippen LogP contribution in [-0.4, -0.2) is 29.9 Å². The molecule has 0 aromatic carbocycles. The third kappa shape index (κ3) is 2.07. The molecule has 3 aliphatic rings. The van der Waals surface area contributed by atoms with Gasteiger partial charge in [0, 0.05) is 25.0 Å². The molecule has 4 nitrogen and oxygen atoms in total. The summed E-state index contributed by atoms with van der Waals surface area (Å²) in [5.74, 6) is -1.22. The number of nitrogens with zero attached hydrogens (tertiary/aromatic N) is 1. The van der Waals surface area contributed by atoms with Gasteiger partial charge in [-0.15, -0.1) is 0 Å². The first kappa shape index (κ1) is 12.7. The van der Waals surface area contributed by atoms with Crippen molar-refractivity contribution in [2.75, 3.05) is 13.1 Å². The number of carboxylic acids is 1. The van der Waals surface area contributed by atoms with Gasteiger partial charge in [-0.3, -0.25) is 4.79 Å². The molecule has 1 heterocycles. The van der Waals surface area contributed by atoms with Gasteiger partial charge in [-0.25, -0.2) is 0 Å². The van der Waals surface area contributed by atoms with Gasteiger partial charge in [-0.05, 0) is 37.0 Å². The summed E-state index contributed by atoms with van der Waals surface area (Å²) >= 11 is 0. The second-order valence-corrected chi connectivity index (χ2v) is 6.33. The molecule has 1 saturated carbocycles. The van der Waals surface area contributed by atoms with Gasteiger partial charge in [0.15, 0.2) is 0 Å². The predicted molar refractivity (Wildman–Crippen MR) is 67.7 cm³/mol. The zero-order valence-electron chi connectivity index (χ0n) is 11.2. The number of hydrogen-bond acceptors (Lipinski definition) is 3. The maximum atomic E-state index is 12.6. The third-order valence-corrected chi connectivity index (χ3v) is 5.11. The number of allylic oxidation sites excluding steroid dienone is 2. The molecule has 0 unspecified atom stereocenters. The summed E-state index contributed by atoms with van der Waals surface area (Å²) in [6, 6.07) is 0. The second-order valence-electron chi connectivity index (χ2n) is 6.33. The van der Waals surface area contributed by atoms with Crippen LogP contribution in [0.3, 0.4) is 0 Å². The van der Waals surface area contributed by atoms with Crippen LogP contribution in [-0.2, 0) is 9.59 Å². The average molecular weight is 262 g/mol. The van der Waals surface area contributed by atoms with E-state index in [1.807, 2.05) is 17.1 Å². The number of aliphatic carboxylic acids is 1. The normalized spacial score (nSPS) is 37.8. The summed E-state index contributed by atoms with van der Waals surface area (Å²) in [5.41, 5.74) is 0. The Bertz CT molecular complexity index is 423. The van der Waals surface area contributed by atoms with Crippen LogP contribution >= 0.6 is 0 Å². The van der Waals surface area contributed by atoms with Crippen molar-refractivity contribution in [1.29, 1.82) is 0 Å². The van der Waals surface area contributed by atoms with Gasteiger partial charge in [-0.2, -0.15) is 0 Å². The van der Waals surface area contributed by atoms with Crippen LogP contribution in [0.4, 0.5) is 0 Å². The first-order valence-corrected chi connectivity index (χ1v) is 7.26. The topological polar surface area (TPSA) is 60.4 Å². The van der Waals surface area contributed by atoms with Crippen molar-refractivity contribution in [2.45, 2.75) is 26.2 Å². The Morgan fingerprint density at radius 3 is 2.26 bits per heavy atom. The van der Waals surface area contributed by atoms with Crippen molar-refractivity contribution in [3.05, 3.63) is 12.2 Å². The first-order valence-electron chi connectivity index (χ1n) is 7.26. The zero-order chi connectivity index (χ0) is 13.6. The summed E-state index contributed by atoms with van der Waals surface area (Å²) in [6.07, 6.45) is 6.84. The number of carbonyl (C=O) groups is 2. The highest BCUT2D eigenvalue weighted by Gasteiger charge is 2.49. The summed E-state index contributed by atoms with van der Waals surface area (Å²) in [4.78, 5) is 25.8. The number of piperidine rings is 1. The lowest BCUT2D eigenvalue weighted by molar-refractivity contribution is -0.313. The standard InChI is InChI=1S/C15H21NO3/c1-9-4-6-16(7-5-9)14(17)12-10-2-3-11(8-10)13(12)15(18)19/h2-3,9-13H,4-8H2,1H3,(H,18,19)/p-1/t10-,11+,12-,13+/m1/s1. The molecule has 0 radical (unpaired) electrons. The quantitative estimate of drug-likeness (QED) is 0.678. The number of hydrogen-bond donors (Lipinski definition) is 0. The average Bonchev–Trinajstić information content (AvgIpc) is 2.98. The highest BCUT2D eigenvalue weighted by molar-refractivity contribution is 5.86. The Morgan fingerprint density at radius 1 is 1.11 bits per heavy atom. The van der Waals surface area contributed by atoms with Gasteiger partial charge in [0.2, 0.25) is 5.91 Å². The molecule has 1 amide bonds. The molecule has 2 bridgehead atoms. The number of carboxylic acid groups (broad SMARTS) is 1. The molecule has 1 aliphatic heterocycles. The van der Waals surface area contributed by atoms with Crippen LogP contribution in [0.5, 0.6) is 0 Å². The SMILES string of the molecule is CC1CCN(C(=O)[C@H]2[C@@H](C(=O)[O-])[C@H]3C=C[C@@H]2C3)CC1. The van der Waals surface area contributed by atoms with E-state index in [2.05, 4.69) is 6.92 Å². The molecule has 1 saturated heterocycles. The minimum absolute atomic E-state index is 0.00710. The second kappa shape index (κ2) is 4.66. The van der Waals surface area contributed by atoms with E-state index in [0.29, 0.717) is 5.92 Å². The molecule has 3 rings (SSSR count). The van der Waals surface area contributed by atoms with Crippen molar-refractivity contribution in [2.24, 2.45) is 29.6 Å². The molecule has 104 valence electrons. The van der Waals surface area contributed by atoms with E-state index >= 15 is 0 Å². The van der Waals surface area contributed by atoms with Crippen LogP contribution in [0, 0.1) is 29.6 Å². The monoisotopic (exact) mass is 262 g/mol. The Morgan fingerprint density at radius 2 is 1.68 bits per heavy atom. The van der Waals surface area contributed by atoms with Crippen molar-refractivity contribution in [3.8, 4) is 0 Å². The van der Waals surface area contributed by atoms with Gasteiger partial charge in [0.25, 0.3) is 0 Å². The molecule has 0 aromatic rings. The largest absolute Gasteiger partial charge is 0.550 e. The van der Waals surface area contributed by atoms with Crippen LogP contribution in [0.25, 0.3) is 0 Å². The predicted octanol–water partition coefficient (Wildman–Crippen LogP) is 0.433. The van der Waals surface area contributed by atoms with Crippen molar-refractivity contribution in [1.82, 2.24) is 4.90 Å². The van der Waals surface area contributed by atoms with E-state index < -0.39 is 11.9 Å². The van der Waals surface area contributed by atoms with E-state index in [0.717, 1.165) is 32.4 Å². The fraction of sp³-hybridized carbons (Fsp3) is 0.733. The molecule has 2 aliphatic carbocycles. The maximum absolute atomic E-state index is 12.6. The molecular formula is C15H20NO3-. The molecule has 19 heavy (non-hydrogen) atoms. The molecule has 0 aromatic heterocycles. The molecule has 0 N–H and O–H groups in total. The summed E-state index contributed by atoms with van der Waals surface area (Å²) < 4.78 is 0. The number of carbonyl (C=O) groups excluding carboxylic acids is 2. The van der Waals surface area contributed by atoms with E-state index in [9.17, 15) is 14.7 Å². The highest BCUT2D eigenvalue weighted by Crippen LogP contribution is 2.48. The Kier molecular flexibility index (Phi) is 3.11. The highest BCUT2D eigenvalue weighted by atomic mass is 16.4. The summed E-state index contributed by atoms with van der Waals surface area (Å²) in [7, 11) is 0. The van der Waals surface area contributed by atoms with Crippen molar-refractivity contribution >= 4 is 11.9 Å². The van der Waals surface area contributed by atoms with Gasteiger partial charge in [0.05, 0.1) is 5.92 Å². The van der Waals surface area contributed by atoms with Crippen molar-refractivity contribution in [3.63, 3.8) is 0 Å². The Hall–Kier alpha value is -1.32. The van der Waals surface area contributed by atoms with Crippen LogP contribution < -0.4 is 5.11 Å². The smallest absolute Gasteiger partial charge is 0.226 e. The molecule has 4 atom stereocenters. The number of rotatable bonds is 2. The van der Waals surface area contributed by atoms with Crippen LogP contribution in [0.1, 0.15) is 26.2 Å². The lowest BCUT2D eigenvalue weighted by atomic mass is 9.81. The fourth-order valence-corrected chi connectivity index (χ4v) is 3.92. The molecule has 0 spiro atoms. The molecule has 4 heteroatoms. The van der Waals surface area contributed by atoms with Crippen LogP contribution in [0.15, 0.2) is 12.2 Å². The zero-order valence-corrected chi connectivity index (χ0v) is 11.2. The maximum Gasteiger partial charge on any atom is 0.226 e. The lowest BCUT2D eigenvalue weighted by Crippen LogP contribution is -2.48.